The smallest absolute Gasteiger partial charge is 0.348 e. The zero-order valence-corrected chi connectivity index (χ0v) is 22.1. The van der Waals surface area contributed by atoms with Gasteiger partial charge in [-0.3, -0.25) is 20.2 Å². The van der Waals surface area contributed by atoms with Crippen LogP contribution in [0.3, 0.4) is 0 Å². The molecule has 3 aliphatic rings. The highest BCUT2D eigenvalue weighted by molar-refractivity contribution is 8.00. The van der Waals surface area contributed by atoms with Crippen molar-refractivity contribution in [2.45, 2.75) is 49.9 Å². The minimum absolute atomic E-state index is 0.0187. The molecule has 5 atom stereocenters. The number of fused-ring (bicyclic) bond motifs is 2. The summed E-state index contributed by atoms with van der Waals surface area (Å²) in [7, 11) is 0. The molecule has 0 bridgehead atoms. The Morgan fingerprint density at radius 1 is 1.43 bits per heavy atom. The van der Waals surface area contributed by atoms with Gasteiger partial charge in [-0.15, -0.1) is 11.8 Å². The monoisotopic (exact) mass is 548 g/mol. The predicted octanol–water partition coefficient (Wildman–Crippen LogP) is -0.429. The van der Waals surface area contributed by atoms with E-state index in [4.69, 9.17) is 10.6 Å². The van der Waals surface area contributed by atoms with Crippen molar-refractivity contribution in [3.8, 4) is 0 Å². The molecule has 0 radical (unpaired) electrons. The Balaban J connectivity index is 1.28. The van der Waals surface area contributed by atoms with Crippen LogP contribution >= 0.6 is 23.7 Å². The highest BCUT2D eigenvalue weighted by Gasteiger charge is 2.53. The van der Waals surface area contributed by atoms with Gasteiger partial charge < -0.3 is 24.6 Å². The summed E-state index contributed by atoms with van der Waals surface area (Å²) >= 11 is 2.83. The second-order valence-corrected chi connectivity index (χ2v) is 11.0. The van der Waals surface area contributed by atoms with Crippen molar-refractivity contribution in [1.82, 2.24) is 24.5 Å². The molecule has 13 nitrogen and oxygen atoms in total. The Hall–Kier alpha value is -2.88. The molecular formula is C22H30N9O4S2+. The molecule has 5 heterocycles. The number of imidazole rings is 1. The number of nitrogens with two attached hydrogens (primary N) is 1. The number of hydrogen-bond acceptors (Lipinski definition) is 11. The Morgan fingerprint density at radius 3 is 2.97 bits per heavy atom. The topological polar surface area (TPSA) is 163 Å². The van der Waals surface area contributed by atoms with E-state index in [1.807, 2.05) is 34.1 Å². The number of amidine groups is 1. The molecule has 0 saturated carbocycles. The second kappa shape index (κ2) is 10.8. The highest BCUT2D eigenvalue weighted by atomic mass is 32.2. The van der Waals surface area contributed by atoms with Crippen molar-refractivity contribution in [2.75, 3.05) is 18.9 Å². The van der Waals surface area contributed by atoms with Gasteiger partial charge >= 0.3 is 11.6 Å². The number of carbonyl (C=O) groups is 2. The van der Waals surface area contributed by atoms with E-state index in [0.29, 0.717) is 25.4 Å². The van der Waals surface area contributed by atoms with Crippen LogP contribution in [-0.4, -0.2) is 84.8 Å². The molecule has 37 heavy (non-hydrogen) atoms. The summed E-state index contributed by atoms with van der Waals surface area (Å²) in [6.45, 7) is 5.90. The number of nitrogens with zero attached hydrogens (tertiary/aromatic N) is 6. The lowest BCUT2D eigenvalue weighted by molar-refractivity contribution is -0.679. The first-order chi connectivity index (χ1) is 17.9. The molecule has 0 spiro atoms. The summed E-state index contributed by atoms with van der Waals surface area (Å²) in [4.78, 5) is 41.2. The fourth-order valence-corrected chi connectivity index (χ4v) is 6.96. The molecule has 1 amide bonds. The van der Waals surface area contributed by atoms with E-state index in [9.17, 15) is 14.7 Å². The lowest BCUT2D eigenvalue weighted by Gasteiger charge is -2.54. The largest absolute Gasteiger partial charge is 0.480 e. The zero-order chi connectivity index (χ0) is 26.1. The summed E-state index contributed by atoms with van der Waals surface area (Å²) in [5, 5.41) is 16.9. The minimum atomic E-state index is -0.860. The fourth-order valence-electron chi connectivity index (χ4n) is 4.89. The van der Waals surface area contributed by atoms with Crippen LogP contribution in [0.4, 0.5) is 0 Å². The number of aliphatic carboxylic acids is 1. The SMILES string of the molecule is CCO/N=C(\C(=O)N[C@@H]1CN2C(C(=O)O)C(C[n+]3cccc4c3ncn4CC)CS[C@H]12)C1=NC(N)SN1. The minimum Gasteiger partial charge on any atom is -0.480 e. The van der Waals surface area contributed by atoms with Gasteiger partial charge in [0, 0.05) is 24.8 Å². The molecule has 2 fully saturated rings. The van der Waals surface area contributed by atoms with Crippen LogP contribution in [0.25, 0.3) is 11.2 Å². The zero-order valence-electron chi connectivity index (χ0n) is 20.5. The average molecular weight is 549 g/mol. The number of nitrogens with one attached hydrogen (secondary N) is 2. The predicted molar refractivity (Wildman–Crippen MR) is 141 cm³/mol. The number of aliphatic imine (C=N–C) groups is 1. The summed E-state index contributed by atoms with van der Waals surface area (Å²) in [5.74, 6) is -0.523. The Bertz CT molecular complexity index is 1250. The Kier molecular flexibility index (Phi) is 7.55. The number of carbonyl (C=O) groups excluding carboxylic acids is 1. The van der Waals surface area contributed by atoms with Crippen molar-refractivity contribution in [3.63, 3.8) is 0 Å². The van der Waals surface area contributed by atoms with E-state index < -0.39 is 23.4 Å². The van der Waals surface area contributed by atoms with Gasteiger partial charge in [-0.2, -0.15) is 0 Å². The molecule has 2 aromatic rings. The standard InChI is InChI=1S/C22H29N9O4S2/c1-3-29-11-24-18-14(29)6-5-7-30(18)8-12-10-36-20-13(9-31(20)16(12)21(33)34)25-19(32)15(27-35-4-2)17-26-22(23)37-28-17/h5-7,11-13,16,20,22H,3-4,8-10,23H2,1-2H3,(H2-,25,26,28,32,33,34)/p+1/b27-15-/t12?,13-,16?,20-,22?/m1/s1. The number of thioether (sulfide) groups is 1. The third kappa shape index (κ3) is 5.00. The normalized spacial score (nSPS) is 27.7. The van der Waals surface area contributed by atoms with Gasteiger partial charge in [0.25, 0.3) is 5.91 Å². The third-order valence-electron chi connectivity index (χ3n) is 6.61. The van der Waals surface area contributed by atoms with Crippen LogP contribution in [0.2, 0.25) is 0 Å². The number of pyridine rings is 1. The molecular weight excluding hydrogens is 518 g/mol. The van der Waals surface area contributed by atoms with Crippen molar-refractivity contribution in [1.29, 1.82) is 0 Å². The van der Waals surface area contributed by atoms with Gasteiger partial charge in [0.15, 0.2) is 11.3 Å². The molecule has 3 unspecified atom stereocenters. The number of carboxylic acid groups (broad SMARTS) is 1. The van der Waals surface area contributed by atoms with Gasteiger partial charge in [0.1, 0.15) is 18.2 Å². The van der Waals surface area contributed by atoms with E-state index in [1.54, 1.807) is 18.7 Å². The second-order valence-electron chi connectivity index (χ2n) is 8.89. The van der Waals surface area contributed by atoms with Gasteiger partial charge in [-0.1, -0.05) is 5.16 Å². The van der Waals surface area contributed by atoms with Crippen LogP contribution in [0.1, 0.15) is 13.8 Å². The first-order valence-corrected chi connectivity index (χ1v) is 14.0. The molecule has 2 aromatic heterocycles. The first-order valence-electron chi connectivity index (χ1n) is 12.1. The molecule has 198 valence electrons. The van der Waals surface area contributed by atoms with E-state index in [0.717, 1.165) is 17.7 Å². The van der Waals surface area contributed by atoms with E-state index >= 15 is 0 Å². The summed E-state index contributed by atoms with van der Waals surface area (Å²) in [6.07, 6.45) is 3.76. The van der Waals surface area contributed by atoms with E-state index in [1.165, 1.54) is 11.9 Å². The van der Waals surface area contributed by atoms with E-state index in [2.05, 4.69) is 36.7 Å². The number of oxime groups is 1. The number of amides is 1. The first kappa shape index (κ1) is 25.8. The maximum Gasteiger partial charge on any atom is 0.348 e. The number of aromatic nitrogens is 3. The Labute approximate surface area is 222 Å². The lowest BCUT2D eigenvalue weighted by atomic mass is 9.93. The lowest BCUT2D eigenvalue weighted by Crippen LogP contribution is -2.73. The molecule has 5 rings (SSSR count). The fraction of sp³-hybridized carbons (Fsp3) is 0.545. The van der Waals surface area contributed by atoms with Crippen molar-refractivity contribution in [2.24, 2.45) is 21.8 Å². The van der Waals surface area contributed by atoms with Crippen molar-refractivity contribution >= 4 is 58.3 Å². The van der Waals surface area contributed by atoms with Gasteiger partial charge in [-0.05, 0) is 42.9 Å². The van der Waals surface area contributed by atoms with Gasteiger partial charge in [-0.25, -0.2) is 9.56 Å². The molecule has 0 aliphatic carbocycles. The van der Waals surface area contributed by atoms with Crippen molar-refractivity contribution in [3.05, 3.63) is 24.7 Å². The van der Waals surface area contributed by atoms with Crippen LogP contribution in [0, 0.1) is 5.92 Å². The third-order valence-corrected chi connectivity index (χ3v) is 8.83. The molecule has 0 aromatic carbocycles. The number of aryl methyl sites for hydroxylation is 1. The number of carboxylic acids is 1. The summed E-state index contributed by atoms with van der Waals surface area (Å²) in [6, 6.07) is 3.10. The van der Waals surface area contributed by atoms with Crippen LogP contribution in [0.15, 0.2) is 34.8 Å². The van der Waals surface area contributed by atoms with Gasteiger partial charge in [0.05, 0.1) is 24.2 Å². The maximum atomic E-state index is 13.0. The molecule has 3 aliphatic heterocycles. The van der Waals surface area contributed by atoms with Crippen LogP contribution in [-0.2, 0) is 27.5 Å². The van der Waals surface area contributed by atoms with Crippen molar-refractivity contribution < 1.29 is 24.1 Å². The quantitative estimate of drug-likeness (QED) is 0.140. The summed E-state index contributed by atoms with van der Waals surface area (Å²) < 4.78 is 7.00. The number of hydrogen-bond donors (Lipinski definition) is 4. The maximum absolute atomic E-state index is 13.0. The average Bonchev–Trinajstić information content (AvgIpc) is 3.49. The molecule has 2 saturated heterocycles. The van der Waals surface area contributed by atoms with Crippen LogP contribution in [0.5, 0.6) is 0 Å². The molecule has 15 heteroatoms. The highest BCUT2D eigenvalue weighted by Crippen LogP contribution is 2.40. The number of rotatable bonds is 9. The van der Waals surface area contributed by atoms with Gasteiger partial charge in [0.2, 0.25) is 12.0 Å². The van der Waals surface area contributed by atoms with E-state index in [-0.39, 0.29) is 28.9 Å². The van der Waals surface area contributed by atoms with Crippen LogP contribution < -0.4 is 20.3 Å². The molecule has 5 N–H and O–H groups in total. The Morgan fingerprint density at radius 2 is 2.27 bits per heavy atom. The summed E-state index contributed by atoms with van der Waals surface area (Å²) in [5.41, 5.74) is 7.14.